The van der Waals surface area contributed by atoms with Crippen molar-refractivity contribution < 1.29 is 28.8 Å². The van der Waals surface area contributed by atoms with E-state index in [1.54, 1.807) is 0 Å². The monoisotopic (exact) mass is 260 g/mol. The molecule has 0 bridgehead atoms. The molecule has 6 heteroatoms. The van der Waals surface area contributed by atoms with Gasteiger partial charge in [0.05, 0.1) is 6.61 Å². The maximum Gasteiger partial charge on any atom is 0.184 e. The summed E-state index contributed by atoms with van der Waals surface area (Å²) >= 11 is 0. The molecule has 0 aromatic carbocycles. The highest BCUT2D eigenvalue weighted by Crippen LogP contribution is 2.41. The molecule has 3 rings (SSSR count). The predicted octanol–water partition coefficient (Wildman–Crippen LogP) is 0.375. The second-order valence-corrected chi connectivity index (χ2v) is 5.92. The van der Waals surface area contributed by atoms with Crippen LogP contribution in [0.2, 0.25) is 0 Å². The Bertz CT molecular complexity index is 341. The molecule has 0 amide bonds. The lowest BCUT2D eigenvalue weighted by molar-refractivity contribution is -0.236. The van der Waals surface area contributed by atoms with Crippen LogP contribution in [0.5, 0.6) is 0 Å². The average Bonchev–Trinajstić information content (AvgIpc) is 2.81. The molecule has 3 saturated heterocycles. The molecular formula is C12H20O6. The molecule has 0 saturated carbocycles. The molecule has 6 nitrogen and oxygen atoms in total. The van der Waals surface area contributed by atoms with E-state index in [-0.39, 0.29) is 18.3 Å². The molecule has 18 heavy (non-hydrogen) atoms. The van der Waals surface area contributed by atoms with Gasteiger partial charge in [-0.05, 0) is 27.7 Å². The lowest BCUT2D eigenvalue weighted by Crippen LogP contribution is -2.40. The van der Waals surface area contributed by atoms with Crippen LogP contribution in [-0.4, -0.2) is 54.0 Å². The first-order valence-corrected chi connectivity index (χ1v) is 6.28. The zero-order valence-electron chi connectivity index (χ0n) is 11.1. The third-order valence-corrected chi connectivity index (χ3v) is 3.46. The lowest BCUT2D eigenvalue weighted by atomic mass is 10.1. The number of rotatable bonds is 1. The Hall–Kier alpha value is -0.240. The average molecular weight is 260 g/mol. The van der Waals surface area contributed by atoms with E-state index in [4.69, 9.17) is 23.7 Å². The second-order valence-electron chi connectivity index (χ2n) is 5.92. The van der Waals surface area contributed by atoms with E-state index in [9.17, 15) is 5.11 Å². The Kier molecular flexibility index (Phi) is 2.75. The van der Waals surface area contributed by atoms with Gasteiger partial charge in [-0.1, -0.05) is 0 Å². The maximum atomic E-state index is 9.87. The Morgan fingerprint density at radius 2 is 1.56 bits per heavy atom. The van der Waals surface area contributed by atoms with Crippen LogP contribution in [0.4, 0.5) is 0 Å². The number of aliphatic hydroxyl groups excluding tert-OH is 1. The molecule has 3 aliphatic rings. The van der Waals surface area contributed by atoms with Gasteiger partial charge in [0, 0.05) is 0 Å². The highest BCUT2D eigenvalue weighted by molar-refractivity contribution is 4.99. The quantitative estimate of drug-likeness (QED) is 0.735. The zero-order chi connectivity index (χ0) is 13.1. The molecule has 3 aliphatic heterocycles. The summed E-state index contributed by atoms with van der Waals surface area (Å²) < 4.78 is 28.2. The van der Waals surface area contributed by atoms with Gasteiger partial charge in [-0.15, -0.1) is 0 Å². The van der Waals surface area contributed by atoms with E-state index in [2.05, 4.69) is 0 Å². The van der Waals surface area contributed by atoms with Crippen LogP contribution in [0.3, 0.4) is 0 Å². The van der Waals surface area contributed by atoms with Crippen LogP contribution < -0.4 is 0 Å². The fourth-order valence-electron chi connectivity index (χ4n) is 2.78. The number of ether oxygens (including phenoxy) is 5. The van der Waals surface area contributed by atoms with Crippen molar-refractivity contribution in [1.82, 2.24) is 0 Å². The van der Waals surface area contributed by atoms with E-state index in [0.29, 0.717) is 6.61 Å². The van der Waals surface area contributed by atoms with Gasteiger partial charge in [0.25, 0.3) is 0 Å². The summed E-state index contributed by atoms with van der Waals surface area (Å²) in [4.78, 5) is 0. The normalized spacial score (nSPS) is 49.5. The molecule has 1 N–H and O–H groups in total. The van der Waals surface area contributed by atoms with Crippen molar-refractivity contribution in [3.8, 4) is 0 Å². The van der Waals surface area contributed by atoms with Gasteiger partial charge in [0.15, 0.2) is 17.9 Å². The van der Waals surface area contributed by atoms with E-state index in [1.807, 2.05) is 27.7 Å². The fraction of sp³-hybridized carbons (Fsp3) is 1.00. The minimum absolute atomic E-state index is 0.248. The molecule has 3 fully saturated rings. The first kappa shape index (κ1) is 12.8. The summed E-state index contributed by atoms with van der Waals surface area (Å²) in [5.74, 6) is -1.32. The van der Waals surface area contributed by atoms with E-state index in [0.717, 1.165) is 0 Å². The SMILES string of the molecule is CC1(C)OCC([C@H]2OC(O)[C@H]3OC(C)(C)O[C@H]32)O1. The molecule has 3 heterocycles. The zero-order valence-corrected chi connectivity index (χ0v) is 11.1. The summed E-state index contributed by atoms with van der Waals surface area (Å²) in [6.45, 7) is 7.78. The van der Waals surface area contributed by atoms with Crippen molar-refractivity contribution in [2.45, 2.75) is 70.0 Å². The van der Waals surface area contributed by atoms with Crippen molar-refractivity contribution in [1.29, 1.82) is 0 Å². The van der Waals surface area contributed by atoms with Crippen LogP contribution in [-0.2, 0) is 23.7 Å². The lowest BCUT2D eigenvalue weighted by Gasteiger charge is -2.26. The van der Waals surface area contributed by atoms with Gasteiger partial charge in [-0.2, -0.15) is 0 Å². The van der Waals surface area contributed by atoms with E-state index < -0.39 is 24.0 Å². The second kappa shape index (κ2) is 3.88. The largest absolute Gasteiger partial charge is 0.366 e. The Morgan fingerprint density at radius 3 is 2.17 bits per heavy atom. The predicted molar refractivity (Wildman–Crippen MR) is 59.6 cm³/mol. The Morgan fingerprint density at radius 1 is 0.889 bits per heavy atom. The number of hydrogen-bond acceptors (Lipinski definition) is 6. The molecule has 5 atom stereocenters. The van der Waals surface area contributed by atoms with Crippen molar-refractivity contribution >= 4 is 0 Å². The third kappa shape index (κ3) is 2.07. The fourth-order valence-corrected chi connectivity index (χ4v) is 2.78. The maximum absolute atomic E-state index is 9.87. The molecule has 0 radical (unpaired) electrons. The van der Waals surface area contributed by atoms with E-state index >= 15 is 0 Å². The topological polar surface area (TPSA) is 66.4 Å². The number of hydrogen-bond donors (Lipinski definition) is 1. The summed E-state index contributed by atoms with van der Waals surface area (Å²) in [7, 11) is 0. The first-order valence-electron chi connectivity index (χ1n) is 6.28. The van der Waals surface area contributed by atoms with Crippen LogP contribution >= 0.6 is 0 Å². The third-order valence-electron chi connectivity index (χ3n) is 3.46. The van der Waals surface area contributed by atoms with Gasteiger partial charge in [0.2, 0.25) is 0 Å². The van der Waals surface area contributed by atoms with Gasteiger partial charge in [-0.25, -0.2) is 0 Å². The molecule has 104 valence electrons. The van der Waals surface area contributed by atoms with Crippen molar-refractivity contribution in [2.75, 3.05) is 6.61 Å². The van der Waals surface area contributed by atoms with Crippen molar-refractivity contribution in [3.63, 3.8) is 0 Å². The smallest absolute Gasteiger partial charge is 0.184 e. The first-order chi connectivity index (χ1) is 8.27. The number of fused-ring (bicyclic) bond motifs is 1. The van der Waals surface area contributed by atoms with Gasteiger partial charge < -0.3 is 28.8 Å². The summed E-state index contributed by atoms with van der Waals surface area (Å²) in [5.41, 5.74) is 0. The van der Waals surface area contributed by atoms with Crippen LogP contribution in [0.25, 0.3) is 0 Å². The Balaban J connectivity index is 1.75. The van der Waals surface area contributed by atoms with Crippen molar-refractivity contribution in [3.05, 3.63) is 0 Å². The van der Waals surface area contributed by atoms with Gasteiger partial charge in [-0.3, -0.25) is 0 Å². The van der Waals surface area contributed by atoms with Crippen LogP contribution in [0.15, 0.2) is 0 Å². The molecule has 0 spiro atoms. The van der Waals surface area contributed by atoms with Crippen LogP contribution in [0, 0.1) is 0 Å². The van der Waals surface area contributed by atoms with Crippen molar-refractivity contribution in [2.24, 2.45) is 0 Å². The van der Waals surface area contributed by atoms with E-state index in [1.165, 1.54) is 0 Å². The number of aliphatic hydroxyl groups is 1. The minimum Gasteiger partial charge on any atom is -0.366 e. The van der Waals surface area contributed by atoms with Gasteiger partial charge in [0.1, 0.15) is 24.4 Å². The minimum atomic E-state index is -0.978. The highest BCUT2D eigenvalue weighted by atomic mass is 16.8. The van der Waals surface area contributed by atoms with Crippen LogP contribution in [0.1, 0.15) is 27.7 Å². The summed E-state index contributed by atoms with van der Waals surface area (Å²) in [5, 5.41) is 9.87. The molecule has 0 aliphatic carbocycles. The Labute approximate surface area is 106 Å². The molecule has 0 aromatic rings. The highest BCUT2D eigenvalue weighted by Gasteiger charge is 2.58. The van der Waals surface area contributed by atoms with Gasteiger partial charge >= 0.3 is 0 Å². The standard InChI is InChI=1S/C12H20O6/c1-11(2)14-5-6(16-11)7-8-9(10(13)15-7)18-12(3,4)17-8/h6-10,13H,5H2,1-4H3/t6?,7-,8+,9+,10?/m1/s1. The molecule has 0 aromatic heterocycles. The summed E-state index contributed by atoms with van der Waals surface area (Å²) in [6.07, 6.45) is -2.38. The molecule has 2 unspecified atom stereocenters. The molecular weight excluding hydrogens is 240 g/mol. The summed E-state index contributed by atoms with van der Waals surface area (Å²) in [6, 6.07) is 0.